The molecular weight excluding hydrogens is 248 g/mol. The maximum Gasteiger partial charge on any atom is 0.338 e. The summed E-state index contributed by atoms with van der Waals surface area (Å²) in [4.78, 5) is 26.3. The van der Waals surface area contributed by atoms with Crippen LogP contribution in [0, 0.1) is 0 Å². The molecule has 0 aliphatic carbocycles. The van der Waals surface area contributed by atoms with E-state index in [9.17, 15) is 9.59 Å². The molecule has 2 rings (SSSR count). The Morgan fingerprint density at radius 2 is 2.26 bits per heavy atom. The normalized spacial score (nSPS) is 19.1. The summed E-state index contributed by atoms with van der Waals surface area (Å²) in [6.07, 6.45) is 3.67. The van der Waals surface area contributed by atoms with Crippen molar-refractivity contribution < 1.29 is 14.7 Å². The van der Waals surface area contributed by atoms with E-state index >= 15 is 0 Å². The highest BCUT2D eigenvalue weighted by Crippen LogP contribution is 2.21. The Labute approximate surface area is 111 Å². The smallest absolute Gasteiger partial charge is 0.338 e. The highest BCUT2D eigenvalue weighted by atomic mass is 16.4. The van der Waals surface area contributed by atoms with Gasteiger partial charge in [-0.25, -0.2) is 4.79 Å². The Morgan fingerprint density at radius 1 is 1.53 bits per heavy atom. The fraction of sp³-hybridized carbons (Fsp3) is 0.583. The summed E-state index contributed by atoms with van der Waals surface area (Å²) < 4.78 is 1.65. The van der Waals surface area contributed by atoms with E-state index in [1.807, 2.05) is 19.0 Å². The molecule has 1 N–H and O–H groups in total. The standard InChI is InChI=1S/C12H18N4O3/c1-14(2)8-11(17)15-4-3-10(7-15)16-6-9(5-13-16)12(18)19/h5-6,10H,3-4,7-8H2,1-2H3,(H,18,19)/t10-/m0/s1. The van der Waals surface area contributed by atoms with Crippen LogP contribution in [-0.2, 0) is 4.79 Å². The van der Waals surface area contributed by atoms with Gasteiger partial charge in [0.1, 0.15) is 0 Å². The van der Waals surface area contributed by atoms with Crippen molar-refractivity contribution in [2.75, 3.05) is 33.7 Å². The van der Waals surface area contributed by atoms with Gasteiger partial charge < -0.3 is 14.9 Å². The lowest BCUT2D eigenvalue weighted by molar-refractivity contribution is -0.130. The molecule has 0 saturated carbocycles. The minimum absolute atomic E-state index is 0.0687. The van der Waals surface area contributed by atoms with Crippen LogP contribution in [0.5, 0.6) is 0 Å². The van der Waals surface area contributed by atoms with Gasteiger partial charge in [-0.1, -0.05) is 0 Å². The summed E-state index contributed by atoms with van der Waals surface area (Å²) in [6.45, 7) is 1.68. The summed E-state index contributed by atoms with van der Waals surface area (Å²) in [5.41, 5.74) is 0.179. The van der Waals surface area contributed by atoms with Gasteiger partial charge in [0.05, 0.1) is 24.3 Å². The van der Waals surface area contributed by atoms with Crippen molar-refractivity contribution in [1.82, 2.24) is 19.6 Å². The number of likely N-dealkylation sites (N-methyl/N-ethyl adjacent to an activating group) is 1. The number of carbonyl (C=O) groups is 2. The van der Waals surface area contributed by atoms with Crippen LogP contribution >= 0.6 is 0 Å². The van der Waals surface area contributed by atoms with E-state index in [-0.39, 0.29) is 17.5 Å². The molecule has 19 heavy (non-hydrogen) atoms. The second kappa shape index (κ2) is 5.40. The first kappa shape index (κ1) is 13.5. The van der Waals surface area contributed by atoms with Crippen LogP contribution < -0.4 is 0 Å². The van der Waals surface area contributed by atoms with E-state index in [4.69, 9.17) is 5.11 Å². The number of hydrogen-bond acceptors (Lipinski definition) is 4. The summed E-state index contributed by atoms with van der Waals surface area (Å²) in [5.74, 6) is -0.886. The van der Waals surface area contributed by atoms with Crippen molar-refractivity contribution in [3.8, 4) is 0 Å². The fourth-order valence-electron chi connectivity index (χ4n) is 2.20. The molecule has 0 spiro atoms. The molecular formula is C12H18N4O3. The molecule has 104 valence electrons. The zero-order valence-electron chi connectivity index (χ0n) is 11.1. The minimum atomic E-state index is -0.982. The molecule has 0 unspecified atom stereocenters. The average Bonchev–Trinajstić information content (AvgIpc) is 2.97. The van der Waals surface area contributed by atoms with Crippen LogP contribution in [0.25, 0.3) is 0 Å². The molecule has 1 aliphatic rings. The van der Waals surface area contributed by atoms with E-state index in [0.717, 1.165) is 6.42 Å². The zero-order chi connectivity index (χ0) is 14.0. The third-order valence-corrected chi connectivity index (χ3v) is 3.19. The zero-order valence-corrected chi connectivity index (χ0v) is 11.1. The molecule has 0 bridgehead atoms. The summed E-state index contributed by atoms with van der Waals surface area (Å²) in [5, 5.41) is 12.9. The third-order valence-electron chi connectivity index (χ3n) is 3.19. The van der Waals surface area contributed by atoms with Gasteiger partial charge in [0.25, 0.3) is 0 Å². The number of hydrogen-bond donors (Lipinski definition) is 1. The van der Waals surface area contributed by atoms with Gasteiger partial charge in [0, 0.05) is 19.3 Å². The van der Waals surface area contributed by atoms with Crippen molar-refractivity contribution in [1.29, 1.82) is 0 Å². The second-order valence-corrected chi connectivity index (χ2v) is 5.03. The largest absolute Gasteiger partial charge is 0.478 e. The first-order valence-corrected chi connectivity index (χ1v) is 6.17. The van der Waals surface area contributed by atoms with Crippen molar-refractivity contribution in [2.24, 2.45) is 0 Å². The number of aromatic nitrogens is 2. The molecule has 0 aromatic carbocycles. The molecule has 1 aromatic heterocycles. The third kappa shape index (κ3) is 3.11. The van der Waals surface area contributed by atoms with Gasteiger partial charge in [-0.05, 0) is 20.5 Å². The van der Waals surface area contributed by atoms with E-state index in [2.05, 4.69) is 5.10 Å². The summed E-state index contributed by atoms with van der Waals surface area (Å²) in [7, 11) is 3.72. The van der Waals surface area contributed by atoms with Crippen molar-refractivity contribution >= 4 is 11.9 Å². The van der Waals surface area contributed by atoms with Gasteiger partial charge in [0.15, 0.2) is 0 Å². The lowest BCUT2D eigenvalue weighted by Crippen LogP contribution is -2.36. The maximum absolute atomic E-state index is 11.9. The van der Waals surface area contributed by atoms with Gasteiger partial charge in [0.2, 0.25) is 5.91 Å². The van der Waals surface area contributed by atoms with Gasteiger partial charge >= 0.3 is 5.97 Å². The van der Waals surface area contributed by atoms with Crippen LogP contribution in [0.3, 0.4) is 0 Å². The molecule has 1 amide bonds. The predicted octanol–water partition coefficient (Wildman–Crippen LogP) is -0.0837. The number of amides is 1. The van der Waals surface area contributed by atoms with Crippen LogP contribution in [0.1, 0.15) is 22.8 Å². The molecule has 1 saturated heterocycles. The predicted molar refractivity (Wildman–Crippen MR) is 68.0 cm³/mol. The quantitative estimate of drug-likeness (QED) is 0.824. The van der Waals surface area contributed by atoms with E-state index in [0.29, 0.717) is 19.6 Å². The van der Waals surface area contributed by atoms with E-state index in [1.54, 1.807) is 9.58 Å². The number of rotatable bonds is 4. The van der Waals surface area contributed by atoms with Crippen molar-refractivity contribution in [3.05, 3.63) is 18.0 Å². The summed E-state index contributed by atoms with van der Waals surface area (Å²) >= 11 is 0. The number of likely N-dealkylation sites (tertiary alicyclic amines) is 1. The average molecular weight is 266 g/mol. The number of carboxylic acids is 1. The van der Waals surface area contributed by atoms with Gasteiger partial charge in [-0.15, -0.1) is 0 Å². The van der Waals surface area contributed by atoms with Crippen LogP contribution in [-0.4, -0.2) is 70.3 Å². The Morgan fingerprint density at radius 3 is 2.84 bits per heavy atom. The molecule has 2 heterocycles. The maximum atomic E-state index is 11.9. The molecule has 1 aliphatic heterocycles. The highest BCUT2D eigenvalue weighted by Gasteiger charge is 2.28. The fourth-order valence-corrected chi connectivity index (χ4v) is 2.20. The van der Waals surface area contributed by atoms with Gasteiger partial charge in [-0.3, -0.25) is 9.48 Å². The molecule has 1 fully saturated rings. The number of carbonyl (C=O) groups excluding carboxylic acids is 1. The van der Waals surface area contributed by atoms with E-state index < -0.39 is 5.97 Å². The molecule has 1 atom stereocenters. The Hall–Kier alpha value is -1.89. The number of nitrogens with zero attached hydrogens (tertiary/aromatic N) is 4. The monoisotopic (exact) mass is 266 g/mol. The Kier molecular flexibility index (Phi) is 3.84. The van der Waals surface area contributed by atoms with Crippen LogP contribution in [0.2, 0.25) is 0 Å². The van der Waals surface area contributed by atoms with Crippen molar-refractivity contribution in [2.45, 2.75) is 12.5 Å². The lowest BCUT2D eigenvalue weighted by atomic mass is 10.3. The Bertz CT molecular complexity index is 483. The topological polar surface area (TPSA) is 78.7 Å². The van der Waals surface area contributed by atoms with Crippen LogP contribution in [0.4, 0.5) is 0 Å². The molecule has 0 radical (unpaired) electrons. The SMILES string of the molecule is CN(C)CC(=O)N1CC[C@H](n2cc(C(=O)O)cn2)C1. The van der Waals surface area contributed by atoms with Crippen LogP contribution in [0.15, 0.2) is 12.4 Å². The number of aromatic carboxylic acids is 1. The molecule has 1 aromatic rings. The summed E-state index contributed by atoms with van der Waals surface area (Å²) in [6, 6.07) is 0.0687. The first-order valence-electron chi connectivity index (χ1n) is 6.17. The molecule has 7 nitrogen and oxygen atoms in total. The lowest BCUT2D eigenvalue weighted by Gasteiger charge is -2.19. The van der Waals surface area contributed by atoms with Crippen molar-refractivity contribution in [3.63, 3.8) is 0 Å². The van der Waals surface area contributed by atoms with E-state index in [1.165, 1.54) is 12.4 Å². The first-order chi connectivity index (χ1) is 8.97. The van der Waals surface area contributed by atoms with Gasteiger partial charge in [-0.2, -0.15) is 5.10 Å². The highest BCUT2D eigenvalue weighted by molar-refractivity contribution is 5.86. The Balaban J connectivity index is 1.97. The minimum Gasteiger partial charge on any atom is -0.478 e. The molecule has 7 heteroatoms. The second-order valence-electron chi connectivity index (χ2n) is 5.03. The number of carboxylic acid groups (broad SMARTS) is 1.